The summed E-state index contributed by atoms with van der Waals surface area (Å²) in [4.78, 5) is 25.3. The first-order valence-corrected chi connectivity index (χ1v) is 25.1. The second-order valence-electron chi connectivity index (χ2n) is 16.3. The Morgan fingerprint density at radius 1 is 0.383 bits per heavy atom. The number of carbonyl (C=O) groups excluding carboxylic acids is 2. The van der Waals surface area contributed by atoms with Crippen LogP contribution in [0.15, 0.2) is 85.1 Å². The van der Waals surface area contributed by atoms with Crippen LogP contribution < -0.4 is 0 Å². The molecule has 0 aliphatic heterocycles. The van der Waals surface area contributed by atoms with Gasteiger partial charge in [0.2, 0.25) is 0 Å². The molecule has 0 aromatic carbocycles. The highest BCUT2D eigenvalue weighted by atomic mass is 16.6. The number of unbranched alkanes of at least 4 members (excludes halogenated alkanes) is 20. The Bertz CT molecular complexity index is 1130. The van der Waals surface area contributed by atoms with E-state index in [0.717, 1.165) is 96.3 Å². The molecule has 0 fully saturated rings. The van der Waals surface area contributed by atoms with Crippen molar-refractivity contribution in [3.05, 3.63) is 85.1 Å². The monoisotopic (exact) mass is 835 g/mol. The Labute approximate surface area is 371 Å². The van der Waals surface area contributed by atoms with Gasteiger partial charge in [-0.2, -0.15) is 0 Å². The van der Waals surface area contributed by atoms with Crippen LogP contribution in [0, 0.1) is 0 Å². The fourth-order valence-electron chi connectivity index (χ4n) is 6.68. The summed E-state index contributed by atoms with van der Waals surface area (Å²) >= 11 is 0. The minimum atomic E-state index is -0.564. The van der Waals surface area contributed by atoms with E-state index >= 15 is 0 Å². The van der Waals surface area contributed by atoms with E-state index in [1.54, 1.807) is 0 Å². The van der Waals surface area contributed by atoms with Gasteiger partial charge in [-0.1, -0.05) is 202 Å². The average Bonchev–Trinajstić information content (AvgIpc) is 3.25. The van der Waals surface area contributed by atoms with E-state index in [1.807, 2.05) is 0 Å². The van der Waals surface area contributed by atoms with Gasteiger partial charge in [0.25, 0.3) is 0 Å². The Kier molecular flexibility index (Phi) is 48.0. The molecule has 0 amide bonds. The van der Waals surface area contributed by atoms with Gasteiger partial charge in [-0.25, -0.2) is 0 Å². The van der Waals surface area contributed by atoms with E-state index in [-0.39, 0.29) is 25.2 Å². The lowest BCUT2D eigenvalue weighted by molar-refractivity contribution is -0.163. The Hall–Kier alpha value is -2.92. The summed E-state index contributed by atoms with van der Waals surface area (Å²) in [5.41, 5.74) is 0. The van der Waals surface area contributed by atoms with Crippen molar-refractivity contribution in [2.45, 2.75) is 232 Å². The average molecular weight is 835 g/mol. The van der Waals surface area contributed by atoms with E-state index in [0.29, 0.717) is 19.4 Å². The minimum Gasteiger partial charge on any atom is -0.462 e. The lowest BCUT2D eigenvalue weighted by atomic mass is 10.1. The third-order valence-corrected chi connectivity index (χ3v) is 10.4. The summed E-state index contributed by atoms with van der Waals surface area (Å²) in [7, 11) is 0. The zero-order valence-electron chi connectivity index (χ0n) is 39.5. The van der Waals surface area contributed by atoms with Gasteiger partial charge in [0, 0.05) is 19.4 Å². The van der Waals surface area contributed by atoms with E-state index in [4.69, 9.17) is 14.2 Å². The molecule has 0 spiro atoms. The van der Waals surface area contributed by atoms with Gasteiger partial charge in [0.1, 0.15) is 6.61 Å². The first-order valence-electron chi connectivity index (χ1n) is 25.1. The van der Waals surface area contributed by atoms with E-state index in [1.165, 1.54) is 96.3 Å². The van der Waals surface area contributed by atoms with E-state index < -0.39 is 6.10 Å². The van der Waals surface area contributed by atoms with Gasteiger partial charge in [0.15, 0.2) is 6.10 Å². The van der Waals surface area contributed by atoms with Crippen LogP contribution >= 0.6 is 0 Å². The molecule has 5 heteroatoms. The summed E-state index contributed by atoms with van der Waals surface area (Å²) in [6.45, 7) is 7.62. The minimum absolute atomic E-state index is 0.0596. The first kappa shape index (κ1) is 57.1. The van der Waals surface area contributed by atoms with Crippen LogP contribution in [0.2, 0.25) is 0 Å². The van der Waals surface area contributed by atoms with Crippen LogP contribution in [-0.4, -0.2) is 37.9 Å². The molecule has 0 heterocycles. The van der Waals surface area contributed by atoms with Crippen LogP contribution in [0.3, 0.4) is 0 Å². The maximum absolute atomic E-state index is 12.7. The lowest BCUT2D eigenvalue weighted by Gasteiger charge is -2.18. The molecule has 60 heavy (non-hydrogen) atoms. The van der Waals surface area contributed by atoms with Gasteiger partial charge >= 0.3 is 11.9 Å². The molecule has 0 aromatic rings. The molecule has 0 bridgehead atoms. The van der Waals surface area contributed by atoms with Crippen LogP contribution in [0.25, 0.3) is 0 Å². The number of hydrogen-bond acceptors (Lipinski definition) is 5. The van der Waals surface area contributed by atoms with Gasteiger partial charge in [-0.15, -0.1) is 0 Å². The van der Waals surface area contributed by atoms with Gasteiger partial charge in [-0.05, 0) is 96.3 Å². The second-order valence-corrected chi connectivity index (χ2v) is 16.3. The molecule has 0 aliphatic carbocycles. The molecule has 0 radical (unpaired) electrons. The fourth-order valence-corrected chi connectivity index (χ4v) is 6.68. The maximum atomic E-state index is 12.7. The number of hydrogen-bond donors (Lipinski definition) is 0. The largest absolute Gasteiger partial charge is 0.462 e. The number of carbonyl (C=O) groups is 2. The van der Waals surface area contributed by atoms with Crippen molar-refractivity contribution in [1.82, 2.24) is 0 Å². The van der Waals surface area contributed by atoms with Crippen LogP contribution in [0.1, 0.15) is 226 Å². The Morgan fingerprint density at radius 3 is 1.27 bits per heavy atom. The predicted molar refractivity (Wildman–Crippen MR) is 260 cm³/mol. The standard InChI is InChI=1S/C55H94O5/c1-4-7-10-13-16-19-22-24-26-27-28-29-31-32-34-36-39-42-45-48-54(56)59-52-53(51-58-50-47-44-41-38-21-18-15-12-9-6-3)60-55(57)49-46-43-40-37-35-33-30-25-23-20-17-14-11-8-5-2/h8,11,16-17,19-20,24-26,28-30,35,37,53H,4-7,9-10,12-15,18,21-23,27,31-34,36,38-52H2,1-3H3/b11-8-,19-16-,20-17-,26-24-,29-28-,30-25-,37-35-. The summed E-state index contributed by atoms with van der Waals surface area (Å²) in [6, 6.07) is 0. The fraction of sp³-hybridized carbons (Fsp3) is 0.709. The smallest absolute Gasteiger partial charge is 0.306 e. The highest BCUT2D eigenvalue weighted by Gasteiger charge is 2.17. The molecule has 1 unspecified atom stereocenters. The van der Waals surface area contributed by atoms with Gasteiger partial charge < -0.3 is 14.2 Å². The normalized spacial score (nSPS) is 12.9. The molecular weight excluding hydrogens is 741 g/mol. The third kappa shape index (κ3) is 47.8. The van der Waals surface area contributed by atoms with Crippen molar-refractivity contribution in [3.8, 4) is 0 Å². The number of ether oxygens (including phenoxy) is 3. The Balaban J connectivity index is 4.31. The van der Waals surface area contributed by atoms with Crippen LogP contribution in [0.5, 0.6) is 0 Å². The molecule has 0 saturated carbocycles. The SMILES string of the molecule is CC/C=C\C/C=C\C/C=C\C/C=C\CCCCC(=O)OC(COCCCCCCCCCCCC)COC(=O)CCCCCCCC/C=C\C/C=C\C/C=C\CCCCC. The summed E-state index contributed by atoms with van der Waals surface area (Å²) in [6.07, 6.45) is 65.9. The van der Waals surface area contributed by atoms with Crippen molar-refractivity contribution >= 4 is 11.9 Å². The molecule has 0 saturated heterocycles. The topological polar surface area (TPSA) is 61.8 Å². The predicted octanol–water partition coefficient (Wildman–Crippen LogP) is 16.9. The summed E-state index contributed by atoms with van der Waals surface area (Å²) in [5.74, 6) is -0.460. The molecular formula is C55H94O5. The zero-order chi connectivity index (χ0) is 43.5. The van der Waals surface area contributed by atoms with Gasteiger partial charge in [-0.3, -0.25) is 9.59 Å². The maximum Gasteiger partial charge on any atom is 0.306 e. The highest BCUT2D eigenvalue weighted by Crippen LogP contribution is 2.13. The van der Waals surface area contributed by atoms with Gasteiger partial charge in [0.05, 0.1) is 6.61 Å². The molecule has 344 valence electrons. The molecule has 0 N–H and O–H groups in total. The van der Waals surface area contributed by atoms with Crippen molar-refractivity contribution in [1.29, 1.82) is 0 Å². The molecule has 0 rings (SSSR count). The van der Waals surface area contributed by atoms with Crippen molar-refractivity contribution in [2.24, 2.45) is 0 Å². The lowest BCUT2D eigenvalue weighted by Crippen LogP contribution is -2.30. The molecule has 5 nitrogen and oxygen atoms in total. The number of allylic oxidation sites excluding steroid dienone is 14. The van der Waals surface area contributed by atoms with Crippen molar-refractivity contribution in [2.75, 3.05) is 19.8 Å². The summed E-state index contributed by atoms with van der Waals surface area (Å²) in [5, 5.41) is 0. The summed E-state index contributed by atoms with van der Waals surface area (Å²) < 4.78 is 17.3. The number of rotatable bonds is 45. The third-order valence-electron chi connectivity index (χ3n) is 10.4. The highest BCUT2D eigenvalue weighted by molar-refractivity contribution is 5.70. The van der Waals surface area contributed by atoms with E-state index in [9.17, 15) is 9.59 Å². The first-order chi connectivity index (χ1) is 29.6. The second kappa shape index (κ2) is 50.4. The Morgan fingerprint density at radius 2 is 0.750 bits per heavy atom. The quantitative estimate of drug-likeness (QED) is 0.0347. The van der Waals surface area contributed by atoms with Crippen LogP contribution in [-0.2, 0) is 23.8 Å². The molecule has 1 atom stereocenters. The van der Waals surface area contributed by atoms with Crippen LogP contribution in [0.4, 0.5) is 0 Å². The molecule has 0 aromatic heterocycles. The van der Waals surface area contributed by atoms with Crippen molar-refractivity contribution in [3.63, 3.8) is 0 Å². The van der Waals surface area contributed by atoms with E-state index in [2.05, 4.69) is 106 Å². The number of esters is 2. The van der Waals surface area contributed by atoms with Crippen molar-refractivity contribution < 1.29 is 23.8 Å². The molecule has 0 aliphatic rings. The zero-order valence-corrected chi connectivity index (χ0v) is 39.5.